The Morgan fingerprint density at radius 1 is 1.26 bits per heavy atom. The maximum absolute atomic E-state index is 12.1. The predicted molar refractivity (Wildman–Crippen MR) is 77.3 cm³/mol. The number of nitrogens with one attached hydrogen (secondary N) is 1. The number of carbonyl (C=O) groups excluding carboxylic acids is 1. The van der Waals surface area contributed by atoms with Gasteiger partial charge in [-0.3, -0.25) is 15.0 Å². The number of methoxy groups -OCH3 is 2. The maximum Gasteiger partial charge on any atom is 0.327 e. The molecule has 0 spiro atoms. The molecule has 0 aromatic rings. The molecule has 114 valence electrons. The third-order valence-electron chi connectivity index (χ3n) is 3.08. The number of esters is 1. The van der Waals surface area contributed by atoms with Gasteiger partial charge in [0.2, 0.25) is 0 Å². The Balaban J connectivity index is 4.89. The van der Waals surface area contributed by atoms with E-state index in [1.165, 1.54) is 7.11 Å². The number of hydrogen-bond acceptors (Lipinski definition) is 5. The lowest BCUT2D eigenvalue weighted by atomic mass is 9.99. The molecular formula is C14H30N2O3. The minimum atomic E-state index is -0.707. The van der Waals surface area contributed by atoms with Crippen molar-refractivity contribution in [1.29, 1.82) is 0 Å². The van der Waals surface area contributed by atoms with Crippen LogP contribution >= 0.6 is 0 Å². The summed E-state index contributed by atoms with van der Waals surface area (Å²) in [5.74, 6) is -0.232. The molecule has 0 aliphatic rings. The van der Waals surface area contributed by atoms with E-state index in [2.05, 4.69) is 24.1 Å². The number of ether oxygens (including phenoxy) is 2. The van der Waals surface area contributed by atoms with E-state index in [0.29, 0.717) is 19.2 Å². The minimum absolute atomic E-state index is 0.209. The van der Waals surface area contributed by atoms with Crippen molar-refractivity contribution in [1.82, 2.24) is 10.2 Å². The average Bonchev–Trinajstić information content (AvgIpc) is 2.32. The van der Waals surface area contributed by atoms with Crippen molar-refractivity contribution < 1.29 is 14.3 Å². The smallest absolute Gasteiger partial charge is 0.327 e. The van der Waals surface area contributed by atoms with E-state index in [1.807, 2.05) is 20.8 Å². The maximum atomic E-state index is 12.1. The fourth-order valence-electron chi connectivity index (χ4n) is 2.17. The zero-order chi connectivity index (χ0) is 15.1. The van der Waals surface area contributed by atoms with Crippen molar-refractivity contribution in [2.45, 2.75) is 52.2 Å². The van der Waals surface area contributed by atoms with E-state index in [-0.39, 0.29) is 12.0 Å². The van der Waals surface area contributed by atoms with Gasteiger partial charge < -0.3 is 9.47 Å². The van der Waals surface area contributed by atoms with Crippen molar-refractivity contribution in [2.75, 3.05) is 33.9 Å². The van der Waals surface area contributed by atoms with E-state index in [4.69, 9.17) is 9.47 Å². The molecule has 0 rings (SSSR count). The van der Waals surface area contributed by atoms with Gasteiger partial charge in [-0.2, -0.15) is 0 Å². The zero-order valence-corrected chi connectivity index (χ0v) is 13.4. The lowest BCUT2D eigenvalue weighted by molar-refractivity contribution is -0.149. The fourth-order valence-corrected chi connectivity index (χ4v) is 2.17. The fraction of sp³-hybridized carbons (Fsp3) is 0.929. The van der Waals surface area contributed by atoms with Crippen molar-refractivity contribution >= 4 is 5.97 Å². The van der Waals surface area contributed by atoms with Gasteiger partial charge in [-0.25, -0.2) is 0 Å². The Morgan fingerprint density at radius 2 is 1.84 bits per heavy atom. The molecule has 0 saturated heterocycles. The molecule has 0 aliphatic carbocycles. The Hall–Kier alpha value is -0.650. The predicted octanol–water partition coefficient (Wildman–Crippen LogP) is 1.27. The Morgan fingerprint density at radius 3 is 2.21 bits per heavy atom. The number of nitrogens with zero attached hydrogens (tertiary/aromatic N) is 1. The van der Waals surface area contributed by atoms with Crippen molar-refractivity contribution in [2.24, 2.45) is 0 Å². The molecule has 5 heteroatoms. The largest absolute Gasteiger partial charge is 0.468 e. The number of carbonyl (C=O) groups is 1. The molecule has 0 radical (unpaired) electrons. The van der Waals surface area contributed by atoms with Gasteiger partial charge in [0.1, 0.15) is 5.54 Å². The van der Waals surface area contributed by atoms with E-state index in [1.54, 1.807) is 7.11 Å². The summed E-state index contributed by atoms with van der Waals surface area (Å²) in [4.78, 5) is 14.3. The molecule has 0 aromatic heterocycles. The van der Waals surface area contributed by atoms with Crippen LogP contribution in [0.2, 0.25) is 0 Å². The van der Waals surface area contributed by atoms with Crippen molar-refractivity contribution in [3.05, 3.63) is 0 Å². The molecule has 0 fully saturated rings. The highest BCUT2D eigenvalue weighted by molar-refractivity contribution is 5.80. The minimum Gasteiger partial charge on any atom is -0.468 e. The van der Waals surface area contributed by atoms with E-state index < -0.39 is 5.54 Å². The molecule has 0 bridgehead atoms. The first-order chi connectivity index (χ1) is 8.76. The molecule has 1 unspecified atom stereocenters. The van der Waals surface area contributed by atoms with Gasteiger partial charge in [0.05, 0.1) is 13.7 Å². The van der Waals surface area contributed by atoms with Gasteiger partial charge in [0.15, 0.2) is 0 Å². The second kappa shape index (κ2) is 8.51. The van der Waals surface area contributed by atoms with Crippen molar-refractivity contribution in [3.63, 3.8) is 0 Å². The highest BCUT2D eigenvalue weighted by Crippen LogP contribution is 2.13. The van der Waals surface area contributed by atoms with Gasteiger partial charge in [0, 0.05) is 32.3 Å². The van der Waals surface area contributed by atoms with Gasteiger partial charge in [0.25, 0.3) is 0 Å². The number of hydrogen-bond donors (Lipinski definition) is 1. The van der Waals surface area contributed by atoms with Crippen LogP contribution in [0, 0.1) is 0 Å². The summed E-state index contributed by atoms with van der Waals surface area (Å²) in [6.45, 7) is 12.2. The molecule has 0 heterocycles. The van der Waals surface area contributed by atoms with Crippen LogP contribution in [0.1, 0.15) is 34.6 Å². The average molecular weight is 274 g/mol. The summed E-state index contributed by atoms with van der Waals surface area (Å²) in [6, 6.07) is 0.550. The monoisotopic (exact) mass is 274 g/mol. The quantitative estimate of drug-likeness (QED) is 0.642. The highest BCUT2D eigenvalue weighted by atomic mass is 16.5. The summed E-state index contributed by atoms with van der Waals surface area (Å²) < 4.78 is 10.1. The normalized spacial score (nSPS) is 15.1. The number of rotatable bonds is 9. The molecule has 0 aliphatic heterocycles. The van der Waals surface area contributed by atoms with Crippen LogP contribution in [-0.2, 0) is 14.3 Å². The van der Waals surface area contributed by atoms with Crippen molar-refractivity contribution in [3.8, 4) is 0 Å². The van der Waals surface area contributed by atoms with Gasteiger partial charge in [-0.05, 0) is 34.6 Å². The highest BCUT2D eigenvalue weighted by Gasteiger charge is 2.37. The van der Waals surface area contributed by atoms with E-state index in [0.717, 1.165) is 6.54 Å². The topological polar surface area (TPSA) is 50.8 Å². The molecule has 1 N–H and O–H groups in total. The molecular weight excluding hydrogens is 244 g/mol. The van der Waals surface area contributed by atoms with Crippen LogP contribution in [0.5, 0.6) is 0 Å². The molecule has 5 nitrogen and oxygen atoms in total. The van der Waals surface area contributed by atoms with Gasteiger partial charge >= 0.3 is 5.97 Å². The van der Waals surface area contributed by atoms with Crippen LogP contribution < -0.4 is 5.32 Å². The van der Waals surface area contributed by atoms with E-state index in [9.17, 15) is 4.79 Å². The van der Waals surface area contributed by atoms with Crippen LogP contribution in [0.15, 0.2) is 0 Å². The van der Waals surface area contributed by atoms with Gasteiger partial charge in [-0.1, -0.05) is 0 Å². The first-order valence-electron chi connectivity index (χ1n) is 6.86. The third kappa shape index (κ3) is 6.36. The van der Waals surface area contributed by atoms with E-state index >= 15 is 0 Å². The summed E-state index contributed by atoms with van der Waals surface area (Å²) >= 11 is 0. The first kappa shape index (κ1) is 18.4. The van der Waals surface area contributed by atoms with Crippen LogP contribution in [0.3, 0.4) is 0 Å². The standard InChI is InChI=1S/C14H30N2O3/c1-11(2)15-14(5,13(17)19-7)10-16(12(3)4)8-9-18-6/h11-12,15H,8-10H2,1-7H3. The van der Waals surface area contributed by atoms with Crippen LogP contribution in [0.4, 0.5) is 0 Å². The summed E-state index contributed by atoms with van der Waals surface area (Å²) in [7, 11) is 3.11. The molecule has 0 amide bonds. The molecule has 1 atom stereocenters. The second-order valence-electron chi connectivity index (χ2n) is 5.68. The Bertz CT molecular complexity index is 269. The lowest BCUT2D eigenvalue weighted by Gasteiger charge is -2.37. The zero-order valence-electron chi connectivity index (χ0n) is 13.4. The van der Waals surface area contributed by atoms with Crippen LogP contribution in [0.25, 0.3) is 0 Å². The third-order valence-corrected chi connectivity index (χ3v) is 3.08. The Kier molecular flexibility index (Phi) is 8.22. The summed E-state index contributed by atoms with van der Waals surface area (Å²) in [6.07, 6.45) is 0. The van der Waals surface area contributed by atoms with Crippen LogP contribution in [-0.4, -0.2) is 62.4 Å². The SMILES string of the molecule is COCCN(CC(C)(NC(C)C)C(=O)OC)C(C)C. The summed E-state index contributed by atoms with van der Waals surface area (Å²) in [5, 5.41) is 3.31. The summed E-state index contributed by atoms with van der Waals surface area (Å²) in [5.41, 5.74) is -0.707. The Labute approximate surface area is 117 Å². The molecule has 19 heavy (non-hydrogen) atoms. The molecule has 0 saturated carbocycles. The molecule has 0 aromatic carbocycles. The van der Waals surface area contributed by atoms with Gasteiger partial charge in [-0.15, -0.1) is 0 Å². The lowest BCUT2D eigenvalue weighted by Crippen LogP contribution is -2.60. The first-order valence-corrected chi connectivity index (χ1v) is 6.86. The second-order valence-corrected chi connectivity index (χ2v) is 5.68.